The molecule has 112 valence electrons. The Balaban J connectivity index is 1.94. The number of anilines is 2. The van der Waals surface area contributed by atoms with Gasteiger partial charge in [-0.3, -0.25) is 0 Å². The molecule has 2 aromatic carbocycles. The lowest BCUT2D eigenvalue weighted by Crippen LogP contribution is -2.25. The summed E-state index contributed by atoms with van der Waals surface area (Å²) >= 11 is 0. The van der Waals surface area contributed by atoms with Gasteiger partial charge in [-0.05, 0) is 30.5 Å². The van der Waals surface area contributed by atoms with Crippen molar-refractivity contribution in [1.82, 2.24) is 0 Å². The van der Waals surface area contributed by atoms with E-state index < -0.39 is 0 Å². The second-order valence-electron chi connectivity index (χ2n) is 5.68. The summed E-state index contributed by atoms with van der Waals surface area (Å²) < 4.78 is 0. The molecule has 0 aromatic heterocycles. The van der Waals surface area contributed by atoms with Crippen molar-refractivity contribution in [3.05, 3.63) is 59.7 Å². The maximum atomic E-state index is 11.2. The molecule has 2 aromatic rings. The minimum atomic E-state index is -0.142. The first-order valence-electron chi connectivity index (χ1n) is 7.61. The molecule has 0 bridgehead atoms. The number of para-hydroxylation sites is 1. The van der Waals surface area contributed by atoms with Crippen LogP contribution in [-0.4, -0.2) is 18.4 Å². The highest BCUT2D eigenvalue weighted by Gasteiger charge is 2.20. The van der Waals surface area contributed by atoms with Crippen LogP contribution in [-0.2, 0) is 4.79 Å². The van der Waals surface area contributed by atoms with Gasteiger partial charge in [-0.15, -0.1) is 0 Å². The zero-order valence-electron chi connectivity index (χ0n) is 12.6. The van der Waals surface area contributed by atoms with Crippen molar-refractivity contribution in [3.63, 3.8) is 0 Å². The van der Waals surface area contributed by atoms with E-state index in [9.17, 15) is 4.79 Å². The fraction of sp³-hybridized carbons (Fsp3) is 0.211. The van der Waals surface area contributed by atoms with Crippen LogP contribution in [0.4, 0.5) is 11.4 Å². The lowest BCUT2D eigenvalue weighted by atomic mass is 10.1. The number of nitrogens with one attached hydrogen (secondary N) is 2. The molecule has 0 saturated carbocycles. The molecule has 0 amide bonds. The maximum absolute atomic E-state index is 11.2. The van der Waals surface area contributed by atoms with Crippen molar-refractivity contribution < 1.29 is 4.79 Å². The van der Waals surface area contributed by atoms with E-state index in [1.165, 1.54) is 5.56 Å². The molecule has 0 radical (unpaired) electrons. The van der Waals surface area contributed by atoms with Crippen LogP contribution in [0, 0.1) is 0 Å². The molecular weight excluding hydrogens is 272 g/mol. The molecule has 3 heteroatoms. The molecule has 1 aliphatic rings. The molecular formula is C19H20N2O. The third kappa shape index (κ3) is 3.19. The zero-order valence-corrected chi connectivity index (χ0v) is 12.6. The van der Waals surface area contributed by atoms with E-state index in [-0.39, 0.29) is 12.1 Å². The Morgan fingerprint density at radius 1 is 1.00 bits per heavy atom. The SMILES string of the molecule is C[C@@H]1CC(C=O)Nc2cccc(/C=C/c3ccccc3)c2N1. The van der Waals surface area contributed by atoms with Gasteiger partial charge >= 0.3 is 0 Å². The summed E-state index contributed by atoms with van der Waals surface area (Å²) in [6, 6.07) is 16.4. The maximum Gasteiger partial charge on any atom is 0.142 e. The number of rotatable bonds is 3. The molecule has 1 aliphatic heterocycles. The fourth-order valence-electron chi connectivity index (χ4n) is 2.78. The Morgan fingerprint density at radius 2 is 1.82 bits per heavy atom. The molecule has 2 N–H and O–H groups in total. The quantitative estimate of drug-likeness (QED) is 0.662. The lowest BCUT2D eigenvalue weighted by Gasteiger charge is -2.15. The number of aldehydes is 1. The van der Waals surface area contributed by atoms with Crippen LogP contribution in [0.25, 0.3) is 12.2 Å². The first kappa shape index (κ1) is 14.4. The van der Waals surface area contributed by atoms with Crippen molar-refractivity contribution in [3.8, 4) is 0 Å². The van der Waals surface area contributed by atoms with Gasteiger partial charge in [-0.1, -0.05) is 54.6 Å². The average Bonchev–Trinajstić information content (AvgIpc) is 2.71. The number of carbonyl (C=O) groups excluding carboxylic acids is 1. The smallest absolute Gasteiger partial charge is 0.142 e. The van der Waals surface area contributed by atoms with Gasteiger partial charge in [-0.2, -0.15) is 0 Å². The summed E-state index contributed by atoms with van der Waals surface area (Å²) in [5.74, 6) is 0. The molecule has 3 nitrogen and oxygen atoms in total. The molecule has 2 atom stereocenters. The molecule has 0 spiro atoms. The van der Waals surface area contributed by atoms with Crippen molar-refractivity contribution in [2.45, 2.75) is 25.4 Å². The first-order chi connectivity index (χ1) is 10.8. The monoisotopic (exact) mass is 292 g/mol. The summed E-state index contributed by atoms with van der Waals surface area (Å²) in [6.45, 7) is 2.10. The molecule has 1 unspecified atom stereocenters. The second-order valence-corrected chi connectivity index (χ2v) is 5.68. The highest BCUT2D eigenvalue weighted by Crippen LogP contribution is 2.32. The first-order valence-corrected chi connectivity index (χ1v) is 7.61. The highest BCUT2D eigenvalue weighted by atomic mass is 16.1. The molecule has 0 fully saturated rings. The van der Waals surface area contributed by atoms with E-state index in [2.05, 4.69) is 47.9 Å². The van der Waals surface area contributed by atoms with Gasteiger partial charge in [-0.25, -0.2) is 0 Å². The van der Waals surface area contributed by atoms with Crippen molar-refractivity contribution in [1.29, 1.82) is 0 Å². The van der Waals surface area contributed by atoms with Gasteiger partial charge in [0.2, 0.25) is 0 Å². The van der Waals surface area contributed by atoms with Crippen LogP contribution in [0.5, 0.6) is 0 Å². The van der Waals surface area contributed by atoms with Crippen LogP contribution in [0.2, 0.25) is 0 Å². The fourth-order valence-corrected chi connectivity index (χ4v) is 2.78. The van der Waals surface area contributed by atoms with Gasteiger partial charge in [0.05, 0.1) is 17.4 Å². The van der Waals surface area contributed by atoms with Crippen molar-refractivity contribution >= 4 is 29.8 Å². The van der Waals surface area contributed by atoms with Gasteiger partial charge < -0.3 is 15.4 Å². The number of benzene rings is 2. The van der Waals surface area contributed by atoms with Gasteiger partial charge in [0.1, 0.15) is 6.29 Å². The summed E-state index contributed by atoms with van der Waals surface area (Å²) in [5, 5.41) is 6.83. The number of fused-ring (bicyclic) bond motifs is 1. The summed E-state index contributed by atoms with van der Waals surface area (Å²) in [4.78, 5) is 11.2. The minimum absolute atomic E-state index is 0.142. The molecule has 0 aliphatic carbocycles. The number of carbonyl (C=O) groups is 1. The Bertz CT molecular complexity index is 679. The topological polar surface area (TPSA) is 41.1 Å². The number of hydrogen-bond acceptors (Lipinski definition) is 3. The summed E-state index contributed by atoms with van der Waals surface area (Å²) in [5.41, 5.74) is 4.33. The molecule has 3 rings (SSSR count). The van der Waals surface area contributed by atoms with Crippen LogP contribution in [0.15, 0.2) is 48.5 Å². The molecule has 0 saturated heterocycles. The van der Waals surface area contributed by atoms with E-state index in [0.717, 1.165) is 29.6 Å². The lowest BCUT2D eigenvalue weighted by molar-refractivity contribution is -0.108. The summed E-state index contributed by atoms with van der Waals surface area (Å²) in [7, 11) is 0. The Labute approximate surface area is 131 Å². The third-order valence-electron chi connectivity index (χ3n) is 3.85. The van der Waals surface area contributed by atoms with Crippen LogP contribution >= 0.6 is 0 Å². The second kappa shape index (κ2) is 6.48. The van der Waals surface area contributed by atoms with E-state index in [1.54, 1.807) is 0 Å². The Morgan fingerprint density at radius 3 is 2.59 bits per heavy atom. The Kier molecular flexibility index (Phi) is 4.24. The third-order valence-corrected chi connectivity index (χ3v) is 3.85. The molecule has 22 heavy (non-hydrogen) atoms. The van der Waals surface area contributed by atoms with Crippen LogP contribution in [0.3, 0.4) is 0 Å². The molecule has 1 heterocycles. The highest BCUT2D eigenvalue weighted by molar-refractivity contribution is 5.86. The standard InChI is InChI=1S/C19H20N2O/c1-14-12-17(13-22)21-18-9-5-8-16(19(18)20-14)11-10-15-6-3-2-4-7-15/h2-11,13-14,17,20-21H,12H2,1H3/b11-10+/t14-,17?/m1/s1. The van der Waals surface area contributed by atoms with Gasteiger partial charge in [0, 0.05) is 6.04 Å². The minimum Gasteiger partial charge on any atom is -0.380 e. The van der Waals surface area contributed by atoms with Crippen molar-refractivity contribution in [2.75, 3.05) is 10.6 Å². The zero-order chi connectivity index (χ0) is 15.4. The predicted molar refractivity (Wildman–Crippen MR) is 93.0 cm³/mol. The average molecular weight is 292 g/mol. The van der Waals surface area contributed by atoms with Gasteiger partial charge in [0.25, 0.3) is 0 Å². The predicted octanol–water partition coefficient (Wildman–Crippen LogP) is 4.04. The van der Waals surface area contributed by atoms with Gasteiger partial charge in [0.15, 0.2) is 0 Å². The Hall–Kier alpha value is -2.55. The summed E-state index contributed by atoms with van der Waals surface area (Å²) in [6.07, 6.45) is 5.97. The normalized spacial score (nSPS) is 20.6. The largest absolute Gasteiger partial charge is 0.380 e. The van der Waals surface area contributed by atoms with E-state index >= 15 is 0 Å². The van der Waals surface area contributed by atoms with Crippen LogP contribution < -0.4 is 10.6 Å². The van der Waals surface area contributed by atoms with Crippen molar-refractivity contribution in [2.24, 2.45) is 0 Å². The van der Waals surface area contributed by atoms with Crippen LogP contribution in [0.1, 0.15) is 24.5 Å². The number of hydrogen-bond donors (Lipinski definition) is 2. The van der Waals surface area contributed by atoms with E-state index in [4.69, 9.17) is 0 Å². The van der Waals surface area contributed by atoms with E-state index in [0.29, 0.717) is 0 Å². The van der Waals surface area contributed by atoms with E-state index in [1.807, 2.05) is 30.3 Å².